The first-order valence-corrected chi connectivity index (χ1v) is 11.2. The Morgan fingerprint density at radius 1 is 0.806 bits per heavy atom. The maximum atomic E-state index is 12.6. The van der Waals surface area contributed by atoms with E-state index in [1.165, 1.54) is 16.7 Å². The number of hydrogen-bond acceptors (Lipinski definition) is 3. The highest BCUT2D eigenvalue weighted by molar-refractivity contribution is 5.93. The Labute approximate surface area is 185 Å². The van der Waals surface area contributed by atoms with Crippen molar-refractivity contribution in [2.45, 2.75) is 19.4 Å². The lowest BCUT2D eigenvalue weighted by molar-refractivity contribution is -0.117. The van der Waals surface area contributed by atoms with Gasteiger partial charge in [0.1, 0.15) is 0 Å². The largest absolute Gasteiger partial charge is 0.325 e. The predicted octanol–water partition coefficient (Wildman–Crippen LogP) is 4.59. The molecule has 160 valence electrons. The summed E-state index contributed by atoms with van der Waals surface area (Å²) in [6.45, 7) is 6.20. The Balaban J connectivity index is 1.38. The molecule has 0 aromatic heterocycles. The second-order valence-electron chi connectivity index (χ2n) is 8.09. The highest BCUT2D eigenvalue weighted by Gasteiger charge is 2.27. The van der Waals surface area contributed by atoms with E-state index in [2.05, 4.69) is 88.8 Å². The number of anilines is 1. The van der Waals surface area contributed by atoms with Crippen LogP contribution in [-0.2, 0) is 11.2 Å². The van der Waals surface area contributed by atoms with Gasteiger partial charge in [0.15, 0.2) is 0 Å². The second kappa shape index (κ2) is 10.4. The highest BCUT2D eigenvalue weighted by atomic mass is 16.2. The minimum atomic E-state index is 0.0667. The number of piperazine rings is 1. The van der Waals surface area contributed by atoms with Crippen molar-refractivity contribution in [2.24, 2.45) is 0 Å². The third-order valence-corrected chi connectivity index (χ3v) is 6.04. The summed E-state index contributed by atoms with van der Waals surface area (Å²) in [6, 6.07) is 29.7. The van der Waals surface area contributed by atoms with Crippen LogP contribution in [0.15, 0.2) is 84.9 Å². The van der Waals surface area contributed by atoms with Crippen LogP contribution in [0.25, 0.3) is 0 Å². The lowest BCUT2D eigenvalue weighted by Crippen LogP contribution is -2.49. The van der Waals surface area contributed by atoms with Gasteiger partial charge in [-0.1, -0.05) is 85.8 Å². The summed E-state index contributed by atoms with van der Waals surface area (Å²) in [6.07, 6.45) is 0.912. The van der Waals surface area contributed by atoms with Crippen molar-refractivity contribution in [2.75, 3.05) is 38.0 Å². The van der Waals surface area contributed by atoms with Crippen LogP contribution in [0.5, 0.6) is 0 Å². The number of benzene rings is 3. The van der Waals surface area contributed by atoms with Crippen LogP contribution in [-0.4, -0.2) is 48.4 Å². The SMILES string of the molecule is CCc1ccccc1NC(=O)CN1CCN(C(c2ccccc2)c2ccccc2)CC1. The Hall–Kier alpha value is -2.95. The van der Waals surface area contributed by atoms with Crippen molar-refractivity contribution >= 4 is 11.6 Å². The van der Waals surface area contributed by atoms with E-state index in [9.17, 15) is 4.79 Å². The third-order valence-electron chi connectivity index (χ3n) is 6.04. The predicted molar refractivity (Wildman–Crippen MR) is 127 cm³/mol. The molecule has 0 aliphatic carbocycles. The molecule has 0 saturated carbocycles. The average Bonchev–Trinajstić information content (AvgIpc) is 2.82. The average molecular weight is 414 g/mol. The molecule has 1 aliphatic heterocycles. The summed E-state index contributed by atoms with van der Waals surface area (Å²) in [5, 5.41) is 3.10. The van der Waals surface area contributed by atoms with E-state index in [4.69, 9.17) is 0 Å². The van der Waals surface area contributed by atoms with Gasteiger partial charge in [-0.05, 0) is 29.2 Å². The van der Waals surface area contributed by atoms with Gasteiger partial charge in [0.05, 0.1) is 12.6 Å². The van der Waals surface area contributed by atoms with Gasteiger partial charge in [0, 0.05) is 31.9 Å². The third kappa shape index (κ3) is 5.40. The van der Waals surface area contributed by atoms with Gasteiger partial charge in [0.25, 0.3) is 0 Å². The number of rotatable bonds is 7. The Bertz CT molecular complexity index is 927. The zero-order chi connectivity index (χ0) is 21.5. The van der Waals surface area contributed by atoms with Gasteiger partial charge in [-0.2, -0.15) is 0 Å². The van der Waals surface area contributed by atoms with Crippen molar-refractivity contribution in [3.63, 3.8) is 0 Å². The van der Waals surface area contributed by atoms with E-state index in [0.29, 0.717) is 6.54 Å². The molecule has 3 aromatic rings. The van der Waals surface area contributed by atoms with Gasteiger partial charge in [0.2, 0.25) is 5.91 Å². The lowest BCUT2D eigenvalue weighted by atomic mass is 9.96. The molecule has 0 bridgehead atoms. The maximum Gasteiger partial charge on any atom is 0.238 e. The standard InChI is InChI=1S/C27H31N3O/c1-2-22-11-9-10-16-25(22)28-26(31)21-29-17-19-30(20-18-29)27(23-12-5-3-6-13-23)24-14-7-4-8-15-24/h3-16,27H,2,17-21H2,1H3,(H,28,31). The quantitative estimate of drug-likeness (QED) is 0.615. The van der Waals surface area contributed by atoms with Crippen molar-refractivity contribution < 1.29 is 4.79 Å². The molecule has 4 nitrogen and oxygen atoms in total. The van der Waals surface area contributed by atoms with E-state index in [0.717, 1.165) is 38.3 Å². The summed E-state index contributed by atoms with van der Waals surface area (Å²) in [5.41, 5.74) is 4.74. The number of amides is 1. The molecule has 1 heterocycles. The monoisotopic (exact) mass is 413 g/mol. The van der Waals surface area contributed by atoms with Crippen LogP contribution in [0.4, 0.5) is 5.69 Å². The summed E-state index contributed by atoms with van der Waals surface area (Å²) in [7, 11) is 0. The van der Waals surface area contributed by atoms with Crippen LogP contribution in [0.3, 0.4) is 0 Å². The van der Waals surface area contributed by atoms with Crippen molar-refractivity contribution in [3.8, 4) is 0 Å². The number of hydrogen-bond donors (Lipinski definition) is 1. The van der Waals surface area contributed by atoms with Gasteiger partial charge in [-0.25, -0.2) is 0 Å². The van der Waals surface area contributed by atoms with E-state index >= 15 is 0 Å². The number of nitrogens with one attached hydrogen (secondary N) is 1. The van der Waals surface area contributed by atoms with E-state index in [1.807, 2.05) is 18.2 Å². The fourth-order valence-corrected chi connectivity index (χ4v) is 4.41. The maximum absolute atomic E-state index is 12.6. The number of para-hydroxylation sites is 1. The fraction of sp³-hybridized carbons (Fsp3) is 0.296. The normalized spacial score (nSPS) is 15.2. The summed E-state index contributed by atoms with van der Waals surface area (Å²) < 4.78 is 0. The first kappa shape index (κ1) is 21.3. The van der Waals surface area contributed by atoms with E-state index in [-0.39, 0.29) is 11.9 Å². The summed E-state index contributed by atoms with van der Waals surface area (Å²) in [4.78, 5) is 17.4. The molecule has 4 rings (SSSR count). The van der Waals surface area contributed by atoms with Crippen molar-refractivity contribution in [1.29, 1.82) is 0 Å². The smallest absolute Gasteiger partial charge is 0.238 e. The number of aryl methyl sites for hydroxylation is 1. The highest BCUT2D eigenvalue weighted by Crippen LogP contribution is 2.29. The number of nitrogens with zero attached hydrogens (tertiary/aromatic N) is 2. The zero-order valence-corrected chi connectivity index (χ0v) is 18.2. The summed E-state index contributed by atoms with van der Waals surface area (Å²) >= 11 is 0. The minimum absolute atomic E-state index is 0.0667. The van der Waals surface area contributed by atoms with Crippen molar-refractivity contribution in [3.05, 3.63) is 102 Å². The first-order chi connectivity index (χ1) is 15.2. The Kier molecular flexibility index (Phi) is 7.13. The molecule has 0 unspecified atom stereocenters. The molecule has 0 atom stereocenters. The molecule has 4 heteroatoms. The van der Waals surface area contributed by atoms with Crippen LogP contribution in [0.1, 0.15) is 29.7 Å². The molecule has 0 spiro atoms. The summed E-state index contributed by atoms with van der Waals surface area (Å²) in [5.74, 6) is 0.0667. The van der Waals surface area contributed by atoms with Crippen LogP contribution >= 0.6 is 0 Å². The Morgan fingerprint density at radius 3 is 1.94 bits per heavy atom. The molecule has 1 amide bonds. The van der Waals surface area contributed by atoms with E-state index < -0.39 is 0 Å². The lowest BCUT2D eigenvalue weighted by Gasteiger charge is -2.39. The van der Waals surface area contributed by atoms with Gasteiger partial charge >= 0.3 is 0 Å². The van der Waals surface area contributed by atoms with Crippen molar-refractivity contribution in [1.82, 2.24) is 9.80 Å². The Morgan fingerprint density at radius 2 is 1.35 bits per heavy atom. The molecule has 1 fully saturated rings. The first-order valence-electron chi connectivity index (χ1n) is 11.2. The molecule has 1 saturated heterocycles. The fourth-order valence-electron chi connectivity index (χ4n) is 4.41. The minimum Gasteiger partial charge on any atom is -0.325 e. The van der Waals surface area contributed by atoms with Crippen LogP contribution in [0, 0.1) is 0 Å². The zero-order valence-electron chi connectivity index (χ0n) is 18.2. The van der Waals surface area contributed by atoms with Gasteiger partial charge in [-0.3, -0.25) is 14.6 Å². The molecule has 3 aromatic carbocycles. The molecular formula is C27H31N3O. The van der Waals surface area contributed by atoms with E-state index in [1.54, 1.807) is 0 Å². The molecule has 1 aliphatic rings. The van der Waals surface area contributed by atoms with Gasteiger partial charge < -0.3 is 5.32 Å². The number of carbonyl (C=O) groups excluding carboxylic acids is 1. The van der Waals surface area contributed by atoms with Gasteiger partial charge in [-0.15, -0.1) is 0 Å². The molecule has 1 N–H and O–H groups in total. The van der Waals surface area contributed by atoms with Crippen LogP contribution in [0.2, 0.25) is 0 Å². The van der Waals surface area contributed by atoms with Crippen LogP contribution < -0.4 is 5.32 Å². The second-order valence-corrected chi connectivity index (χ2v) is 8.09. The molecular weight excluding hydrogens is 382 g/mol. The molecule has 0 radical (unpaired) electrons. The molecule has 31 heavy (non-hydrogen) atoms. The topological polar surface area (TPSA) is 35.6 Å². The number of carbonyl (C=O) groups is 1.